The van der Waals surface area contributed by atoms with Crippen molar-refractivity contribution >= 4 is 11.8 Å². The van der Waals surface area contributed by atoms with E-state index in [9.17, 15) is 9.59 Å². The lowest BCUT2D eigenvalue weighted by Crippen LogP contribution is -2.45. The highest BCUT2D eigenvalue weighted by Gasteiger charge is 2.30. The fraction of sp³-hybridized carbons (Fsp3) is 0.304. The molecule has 2 aromatic carbocycles. The Morgan fingerprint density at radius 2 is 1.97 bits per heavy atom. The summed E-state index contributed by atoms with van der Waals surface area (Å²) in [6, 6.07) is 17.0. The van der Waals surface area contributed by atoms with Crippen LogP contribution in [0.2, 0.25) is 0 Å². The fourth-order valence-electron chi connectivity index (χ4n) is 3.66. The normalized spacial score (nSPS) is 16.2. The lowest BCUT2D eigenvalue weighted by molar-refractivity contribution is -0.139. The number of nitrogens with one attached hydrogen (secondary N) is 1. The molecule has 0 radical (unpaired) electrons. The van der Waals surface area contributed by atoms with Gasteiger partial charge in [-0.15, -0.1) is 0 Å². The molecule has 0 saturated carbocycles. The van der Waals surface area contributed by atoms with Crippen molar-refractivity contribution in [3.63, 3.8) is 0 Å². The van der Waals surface area contributed by atoms with Crippen LogP contribution in [-0.4, -0.2) is 40.5 Å². The van der Waals surface area contributed by atoms with Crippen molar-refractivity contribution in [2.45, 2.75) is 25.9 Å². The highest BCUT2D eigenvalue weighted by Crippen LogP contribution is 2.24. The number of rotatable bonds is 7. The minimum atomic E-state index is -0.284. The number of hydrogen-bond donors (Lipinski definition) is 1. The van der Waals surface area contributed by atoms with Crippen molar-refractivity contribution in [3.05, 3.63) is 66.0 Å². The minimum Gasteiger partial charge on any atom is -0.496 e. The van der Waals surface area contributed by atoms with Crippen molar-refractivity contribution < 1.29 is 18.8 Å². The molecule has 8 nitrogen and oxygen atoms in total. The summed E-state index contributed by atoms with van der Waals surface area (Å²) in [5.41, 5.74) is 1.74. The third-order valence-electron chi connectivity index (χ3n) is 5.33. The van der Waals surface area contributed by atoms with Gasteiger partial charge in [-0.2, -0.15) is 4.98 Å². The van der Waals surface area contributed by atoms with Crippen LogP contribution in [0.15, 0.2) is 59.1 Å². The maximum Gasteiger partial charge on any atom is 0.257 e. The van der Waals surface area contributed by atoms with Crippen LogP contribution in [0.25, 0.3) is 11.5 Å². The molecule has 4 rings (SSSR count). The van der Waals surface area contributed by atoms with Gasteiger partial charge in [0.05, 0.1) is 19.6 Å². The van der Waals surface area contributed by atoms with Crippen molar-refractivity contribution in [1.82, 2.24) is 20.4 Å². The number of amides is 2. The Morgan fingerprint density at radius 3 is 2.77 bits per heavy atom. The van der Waals surface area contributed by atoms with E-state index >= 15 is 0 Å². The summed E-state index contributed by atoms with van der Waals surface area (Å²) >= 11 is 0. The number of nitrogens with zero attached hydrogens (tertiary/aromatic N) is 3. The van der Waals surface area contributed by atoms with Gasteiger partial charge in [0.25, 0.3) is 5.89 Å². The monoisotopic (exact) mass is 420 g/mol. The zero-order chi connectivity index (χ0) is 21.6. The molecule has 1 atom stereocenters. The zero-order valence-corrected chi connectivity index (χ0v) is 17.3. The number of methoxy groups -OCH3 is 1. The molecule has 0 spiro atoms. The van der Waals surface area contributed by atoms with Crippen molar-refractivity contribution in [2.75, 3.05) is 13.7 Å². The third kappa shape index (κ3) is 4.91. The van der Waals surface area contributed by atoms with E-state index in [0.29, 0.717) is 37.6 Å². The molecule has 0 aliphatic carbocycles. The van der Waals surface area contributed by atoms with Crippen LogP contribution >= 0.6 is 0 Å². The summed E-state index contributed by atoms with van der Waals surface area (Å²) in [4.78, 5) is 31.2. The Morgan fingerprint density at radius 1 is 1.19 bits per heavy atom. The van der Waals surface area contributed by atoms with E-state index in [0.717, 1.165) is 16.9 Å². The maximum atomic E-state index is 12.7. The number of benzene rings is 2. The standard InChI is InChI=1S/C23H24N4O4/c1-30-19-10-6-5-9-17(19)14-27-15-18(11-12-21(27)28)22(29)24-13-20-25-23(31-26-20)16-7-3-2-4-8-16/h2-10,18H,11-15H2,1H3,(H,24,29). The van der Waals surface area contributed by atoms with E-state index in [-0.39, 0.29) is 24.3 Å². The van der Waals surface area contributed by atoms with E-state index in [4.69, 9.17) is 9.26 Å². The molecule has 0 bridgehead atoms. The number of ether oxygens (including phenoxy) is 1. The molecule has 160 valence electrons. The summed E-state index contributed by atoms with van der Waals surface area (Å²) < 4.78 is 10.6. The largest absolute Gasteiger partial charge is 0.496 e. The summed E-state index contributed by atoms with van der Waals surface area (Å²) in [7, 11) is 1.61. The van der Waals surface area contributed by atoms with Crippen LogP contribution < -0.4 is 10.1 Å². The van der Waals surface area contributed by atoms with E-state index in [1.165, 1.54) is 0 Å². The predicted molar refractivity (Wildman–Crippen MR) is 113 cm³/mol. The summed E-state index contributed by atoms with van der Waals surface area (Å²) in [5.74, 6) is 1.19. The molecule has 3 aromatic rings. The fourth-order valence-corrected chi connectivity index (χ4v) is 3.66. The van der Waals surface area contributed by atoms with E-state index in [2.05, 4.69) is 15.5 Å². The highest BCUT2D eigenvalue weighted by atomic mass is 16.5. The van der Waals surface area contributed by atoms with E-state index in [1.54, 1.807) is 12.0 Å². The maximum absolute atomic E-state index is 12.7. The quantitative estimate of drug-likeness (QED) is 0.631. The first-order chi connectivity index (χ1) is 15.1. The topological polar surface area (TPSA) is 97.6 Å². The number of para-hydroxylation sites is 1. The van der Waals surface area contributed by atoms with Crippen LogP contribution in [0.1, 0.15) is 24.2 Å². The van der Waals surface area contributed by atoms with Gasteiger partial charge in [0.2, 0.25) is 11.8 Å². The van der Waals surface area contributed by atoms with E-state index in [1.807, 2.05) is 54.6 Å². The zero-order valence-electron chi connectivity index (χ0n) is 17.3. The molecular weight excluding hydrogens is 396 g/mol. The molecule has 1 saturated heterocycles. The van der Waals surface area contributed by atoms with Crippen molar-refractivity contribution in [1.29, 1.82) is 0 Å². The first kappa shape index (κ1) is 20.6. The molecule has 1 fully saturated rings. The van der Waals surface area contributed by atoms with Gasteiger partial charge in [-0.05, 0) is 24.6 Å². The van der Waals surface area contributed by atoms with Gasteiger partial charge in [-0.1, -0.05) is 41.6 Å². The first-order valence-corrected chi connectivity index (χ1v) is 10.2. The number of carbonyl (C=O) groups excluding carboxylic acids is 2. The number of hydrogen-bond acceptors (Lipinski definition) is 6. The van der Waals surface area contributed by atoms with Gasteiger partial charge in [0.1, 0.15) is 5.75 Å². The smallest absolute Gasteiger partial charge is 0.257 e. The summed E-state index contributed by atoms with van der Waals surface area (Å²) in [6.45, 7) is 0.953. The molecular formula is C23H24N4O4. The Labute approximate surface area is 180 Å². The van der Waals surface area contributed by atoms with Crippen LogP contribution in [0.5, 0.6) is 5.75 Å². The molecule has 1 N–H and O–H groups in total. The average Bonchev–Trinajstić information content (AvgIpc) is 3.29. The molecule has 1 aromatic heterocycles. The van der Waals surface area contributed by atoms with Crippen molar-refractivity contribution in [3.8, 4) is 17.2 Å². The number of likely N-dealkylation sites (tertiary alicyclic amines) is 1. The number of aromatic nitrogens is 2. The highest BCUT2D eigenvalue weighted by molar-refractivity contribution is 5.83. The second kappa shape index (κ2) is 9.42. The van der Waals surface area contributed by atoms with Gasteiger partial charge >= 0.3 is 0 Å². The van der Waals surface area contributed by atoms with Gasteiger partial charge in [0.15, 0.2) is 5.82 Å². The third-order valence-corrected chi connectivity index (χ3v) is 5.33. The van der Waals surface area contributed by atoms with Gasteiger partial charge in [-0.25, -0.2) is 0 Å². The number of carbonyl (C=O) groups is 2. The molecule has 2 amide bonds. The molecule has 1 unspecified atom stereocenters. The Hall–Kier alpha value is -3.68. The molecule has 31 heavy (non-hydrogen) atoms. The van der Waals surface area contributed by atoms with E-state index < -0.39 is 0 Å². The SMILES string of the molecule is COc1ccccc1CN1CC(C(=O)NCc2noc(-c3ccccc3)n2)CCC1=O. The van der Waals surface area contributed by atoms with Crippen LogP contribution in [0.4, 0.5) is 0 Å². The second-order valence-electron chi connectivity index (χ2n) is 7.42. The van der Waals surface area contributed by atoms with Crippen LogP contribution in [0, 0.1) is 5.92 Å². The first-order valence-electron chi connectivity index (χ1n) is 10.2. The summed E-state index contributed by atoms with van der Waals surface area (Å²) in [6.07, 6.45) is 0.863. The Balaban J connectivity index is 1.34. The molecule has 2 heterocycles. The van der Waals surface area contributed by atoms with Gasteiger partial charge in [-0.3, -0.25) is 9.59 Å². The van der Waals surface area contributed by atoms with Crippen molar-refractivity contribution in [2.24, 2.45) is 5.92 Å². The summed E-state index contributed by atoms with van der Waals surface area (Å²) in [5, 5.41) is 6.80. The Bertz CT molecular complexity index is 1050. The van der Waals surface area contributed by atoms with Crippen LogP contribution in [0.3, 0.4) is 0 Å². The van der Waals surface area contributed by atoms with Crippen LogP contribution in [-0.2, 0) is 22.7 Å². The average molecular weight is 420 g/mol. The van der Waals surface area contributed by atoms with Gasteiger partial charge in [0, 0.05) is 30.6 Å². The molecule has 1 aliphatic heterocycles. The molecule has 8 heteroatoms. The second-order valence-corrected chi connectivity index (χ2v) is 7.42. The Kier molecular flexibility index (Phi) is 6.26. The van der Waals surface area contributed by atoms with Gasteiger partial charge < -0.3 is 19.5 Å². The minimum absolute atomic E-state index is 0.0422. The lowest BCUT2D eigenvalue weighted by atomic mass is 9.96. The number of piperidine rings is 1. The predicted octanol–water partition coefficient (Wildman–Crippen LogP) is 2.80. The molecule has 1 aliphatic rings. The lowest BCUT2D eigenvalue weighted by Gasteiger charge is -2.32.